The van der Waals surface area contributed by atoms with Gasteiger partial charge in [0, 0.05) is 6.54 Å². The van der Waals surface area contributed by atoms with Crippen molar-refractivity contribution >= 4 is 23.5 Å². The standard InChI is InChI=1S/C19H23N3O2S/c1-4-20-19(25)22-21-12-16-6-5-7-17(23-3)18(16)24-13-15-10-8-14(2)9-11-15/h5-12H,4,13H2,1-3H3,(H2,20,22,25)/p+1. The summed E-state index contributed by atoms with van der Waals surface area (Å²) in [6.45, 7) is 5.27. The molecule has 2 aromatic carbocycles. The molecule has 0 amide bonds. The number of aryl methyl sites for hydroxylation is 1. The Labute approximate surface area is 154 Å². The highest BCUT2D eigenvalue weighted by molar-refractivity contribution is 7.80. The molecule has 0 heterocycles. The highest BCUT2D eigenvalue weighted by Gasteiger charge is 2.11. The van der Waals surface area contributed by atoms with Gasteiger partial charge in [-0.1, -0.05) is 35.9 Å². The zero-order valence-electron chi connectivity index (χ0n) is 14.8. The molecule has 25 heavy (non-hydrogen) atoms. The maximum Gasteiger partial charge on any atom is 0.223 e. The molecule has 0 saturated heterocycles. The maximum atomic E-state index is 6.02. The van der Waals surface area contributed by atoms with E-state index in [1.165, 1.54) is 5.56 Å². The second-order valence-electron chi connectivity index (χ2n) is 5.43. The van der Waals surface area contributed by atoms with E-state index in [4.69, 9.17) is 21.7 Å². The van der Waals surface area contributed by atoms with Gasteiger partial charge in [-0.3, -0.25) is 0 Å². The van der Waals surface area contributed by atoms with Crippen molar-refractivity contribution in [2.75, 3.05) is 13.7 Å². The summed E-state index contributed by atoms with van der Waals surface area (Å²) in [7, 11) is 1.63. The number of rotatable bonds is 7. The van der Waals surface area contributed by atoms with Crippen LogP contribution in [0.2, 0.25) is 0 Å². The third kappa shape index (κ3) is 5.76. The van der Waals surface area contributed by atoms with E-state index >= 15 is 0 Å². The minimum Gasteiger partial charge on any atom is -0.493 e. The first-order valence-electron chi connectivity index (χ1n) is 8.12. The third-order valence-electron chi connectivity index (χ3n) is 3.48. The molecule has 0 unspecified atom stereocenters. The van der Waals surface area contributed by atoms with Crippen LogP contribution in [-0.2, 0) is 6.61 Å². The van der Waals surface area contributed by atoms with Gasteiger partial charge in [0.2, 0.25) is 11.3 Å². The van der Waals surface area contributed by atoms with Crippen LogP contribution in [0.25, 0.3) is 0 Å². The van der Waals surface area contributed by atoms with Crippen molar-refractivity contribution in [2.45, 2.75) is 20.5 Å². The fraction of sp³-hybridized carbons (Fsp3) is 0.263. The third-order valence-corrected chi connectivity index (χ3v) is 3.73. The number of ether oxygens (including phenoxy) is 2. The van der Waals surface area contributed by atoms with E-state index in [2.05, 4.69) is 47.0 Å². The topological polar surface area (TPSA) is 56.5 Å². The average Bonchev–Trinajstić information content (AvgIpc) is 2.62. The van der Waals surface area contributed by atoms with Crippen molar-refractivity contribution in [2.24, 2.45) is 0 Å². The first kappa shape index (κ1) is 18.7. The van der Waals surface area contributed by atoms with Gasteiger partial charge >= 0.3 is 0 Å². The summed E-state index contributed by atoms with van der Waals surface area (Å²) in [5.41, 5.74) is 6.08. The smallest absolute Gasteiger partial charge is 0.223 e. The van der Waals surface area contributed by atoms with Crippen LogP contribution in [0.15, 0.2) is 42.5 Å². The summed E-state index contributed by atoms with van der Waals surface area (Å²) in [6, 6.07) is 14.0. The molecule has 0 saturated carbocycles. The van der Waals surface area contributed by atoms with Crippen LogP contribution in [0.1, 0.15) is 23.6 Å². The highest BCUT2D eigenvalue weighted by Crippen LogP contribution is 2.30. The Kier molecular flexibility index (Phi) is 7.22. The predicted octanol–water partition coefficient (Wildman–Crippen LogP) is 1.48. The molecule has 0 fully saturated rings. The van der Waals surface area contributed by atoms with Crippen LogP contribution in [0.3, 0.4) is 0 Å². The SMILES string of the molecule is CCNC(=S)N[NH+]=Cc1cccc(OC)c1OCc1ccc(C)cc1. The second-order valence-corrected chi connectivity index (χ2v) is 5.83. The zero-order valence-corrected chi connectivity index (χ0v) is 15.6. The molecular weight excluding hydrogens is 334 g/mol. The summed E-state index contributed by atoms with van der Waals surface area (Å²) in [4.78, 5) is 0. The molecule has 0 aliphatic heterocycles. The van der Waals surface area contributed by atoms with Crippen molar-refractivity contribution in [1.29, 1.82) is 0 Å². The van der Waals surface area contributed by atoms with E-state index in [0.717, 1.165) is 17.7 Å². The maximum absolute atomic E-state index is 6.02. The van der Waals surface area contributed by atoms with E-state index in [9.17, 15) is 0 Å². The molecule has 0 radical (unpaired) electrons. The minimum absolute atomic E-state index is 0.463. The fourth-order valence-electron chi connectivity index (χ4n) is 2.19. The lowest BCUT2D eigenvalue weighted by Crippen LogP contribution is -2.82. The number of thiocarbonyl (C=S) groups is 1. The van der Waals surface area contributed by atoms with Gasteiger partial charge in [0.05, 0.1) is 12.7 Å². The zero-order chi connectivity index (χ0) is 18.1. The number of nitrogens with one attached hydrogen (secondary N) is 3. The molecule has 2 rings (SSSR count). The molecule has 0 aliphatic carbocycles. The summed E-state index contributed by atoms with van der Waals surface area (Å²) in [5.74, 6) is 1.35. The lowest BCUT2D eigenvalue weighted by Gasteiger charge is -2.12. The Hall–Kier alpha value is -2.60. The summed E-state index contributed by atoms with van der Waals surface area (Å²) in [6.07, 6.45) is 1.79. The first-order chi connectivity index (χ1) is 12.1. The number of para-hydroxylation sites is 1. The number of hydrogen-bond donors (Lipinski definition) is 3. The number of hydrogen-bond acceptors (Lipinski definition) is 3. The van der Waals surface area contributed by atoms with Gasteiger partial charge in [0.25, 0.3) is 0 Å². The molecule has 0 aliphatic rings. The van der Waals surface area contributed by atoms with Gasteiger partial charge in [0.15, 0.2) is 11.5 Å². The highest BCUT2D eigenvalue weighted by atomic mass is 32.1. The molecule has 0 bridgehead atoms. The van der Waals surface area contributed by atoms with Crippen molar-refractivity contribution < 1.29 is 14.6 Å². The van der Waals surface area contributed by atoms with Gasteiger partial charge in [-0.05, 0) is 43.8 Å². The molecule has 0 aromatic heterocycles. The quantitative estimate of drug-likeness (QED) is 0.398. The number of hydrazine groups is 1. The minimum atomic E-state index is 0.463. The van der Waals surface area contributed by atoms with E-state index < -0.39 is 0 Å². The summed E-state index contributed by atoms with van der Waals surface area (Å²) in [5, 5.41) is 6.50. The van der Waals surface area contributed by atoms with E-state index in [0.29, 0.717) is 23.2 Å². The molecule has 3 N–H and O–H groups in total. The van der Waals surface area contributed by atoms with Crippen LogP contribution >= 0.6 is 12.2 Å². The lowest BCUT2D eigenvalue weighted by atomic mass is 10.1. The Morgan fingerprint density at radius 3 is 2.64 bits per heavy atom. The molecular formula is C19H24N3O2S+. The van der Waals surface area contributed by atoms with Gasteiger partial charge in [-0.15, -0.1) is 10.5 Å². The molecule has 2 aromatic rings. The molecule has 0 spiro atoms. The average molecular weight is 358 g/mol. The summed E-state index contributed by atoms with van der Waals surface area (Å²) < 4.78 is 11.4. The van der Waals surface area contributed by atoms with Crippen LogP contribution < -0.4 is 25.3 Å². The Bertz CT molecular complexity index is 730. The van der Waals surface area contributed by atoms with E-state index in [-0.39, 0.29) is 0 Å². The van der Waals surface area contributed by atoms with Crippen molar-refractivity contribution in [3.63, 3.8) is 0 Å². The Balaban J connectivity index is 2.13. The number of benzene rings is 2. The van der Waals surface area contributed by atoms with Crippen molar-refractivity contribution in [3.8, 4) is 11.5 Å². The van der Waals surface area contributed by atoms with Gasteiger partial charge in [-0.2, -0.15) is 0 Å². The first-order valence-corrected chi connectivity index (χ1v) is 8.52. The predicted molar refractivity (Wildman–Crippen MR) is 104 cm³/mol. The van der Waals surface area contributed by atoms with Gasteiger partial charge < -0.3 is 14.8 Å². The van der Waals surface area contributed by atoms with Crippen molar-refractivity contribution in [3.05, 3.63) is 59.2 Å². The number of methoxy groups -OCH3 is 1. The number of hydrazone groups is 1. The van der Waals surface area contributed by atoms with Crippen LogP contribution in [0.4, 0.5) is 0 Å². The molecule has 6 heteroatoms. The monoisotopic (exact) mass is 358 g/mol. The molecule has 0 atom stereocenters. The fourth-order valence-corrected chi connectivity index (χ4v) is 2.39. The normalized spacial score (nSPS) is 10.5. The van der Waals surface area contributed by atoms with Crippen LogP contribution in [-0.4, -0.2) is 25.0 Å². The largest absolute Gasteiger partial charge is 0.493 e. The Morgan fingerprint density at radius 2 is 1.96 bits per heavy atom. The second kappa shape index (κ2) is 9.64. The van der Waals surface area contributed by atoms with E-state index in [1.807, 2.05) is 25.1 Å². The van der Waals surface area contributed by atoms with Gasteiger partial charge in [-0.25, -0.2) is 0 Å². The van der Waals surface area contributed by atoms with Crippen LogP contribution in [0.5, 0.6) is 11.5 Å². The summed E-state index contributed by atoms with van der Waals surface area (Å²) >= 11 is 5.11. The molecule has 5 nitrogen and oxygen atoms in total. The van der Waals surface area contributed by atoms with Gasteiger partial charge in [0.1, 0.15) is 6.61 Å². The lowest BCUT2D eigenvalue weighted by molar-refractivity contribution is -0.500. The molecule has 132 valence electrons. The van der Waals surface area contributed by atoms with Crippen molar-refractivity contribution in [1.82, 2.24) is 10.7 Å². The van der Waals surface area contributed by atoms with E-state index in [1.54, 1.807) is 13.3 Å². The Morgan fingerprint density at radius 1 is 1.20 bits per heavy atom. The van der Waals surface area contributed by atoms with Crippen LogP contribution in [0, 0.1) is 6.92 Å².